The van der Waals surface area contributed by atoms with E-state index in [2.05, 4.69) is 10.3 Å². The van der Waals surface area contributed by atoms with E-state index >= 15 is 0 Å². The third-order valence-electron chi connectivity index (χ3n) is 2.04. The summed E-state index contributed by atoms with van der Waals surface area (Å²) in [4.78, 5) is 0. The molecule has 0 radical (unpaired) electrons. The van der Waals surface area contributed by atoms with Gasteiger partial charge in [0, 0.05) is 0 Å². The van der Waals surface area contributed by atoms with Crippen LogP contribution in [0.3, 0.4) is 0 Å². The summed E-state index contributed by atoms with van der Waals surface area (Å²) in [6.07, 6.45) is 1.04. The second kappa shape index (κ2) is 4.52. The number of hydrogen-bond donors (Lipinski definition) is 2. The molecule has 0 aliphatic carbocycles. The second-order valence-electron chi connectivity index (χ2n) is 3.16. The number of hydrogen-bond acceptors (Lipinski definition) is 5. The van der Waals surface area contributed by atoms with Gasteiger partial charge in [-0.1, -0.05) is 5.21 Å². The number of aliphatic hydroxyl groups excluding tert-OH is 2. The van der Waals surface area contributed by atoms with Crippen LogP contribution in [0.4, 0.5) is 0 Å². The summed E-state index contributed by atoms with van der Waals surface area (Å²) in [6.45, 7) is 0.221. The van der Waals surface area contributed by atoms with Crippen LogP contribution in [-0.4, -0.2) is 25.2 Å². The van der Waals surface area contributed by atoms with Gasteiger partial charge in [-0.2, -0.15) is 11.3 Å². The van der Waals surface area contributed by atoms with Crippen LogP contribution in [0.5, 0.6) is 0 Å². The predicted octanol–water partition coefficient (Wildman–Crippen LogP) is 0.566. The fourth-order valence-electron chi connectivity index (χ4n) is 1.25. The first-order chi connectivity index (χ1) is 7.29. The molecular weight excluding hydrogens is 214 g/mol. The maximum Gasteiger partial charge on any atom is 0.108 e. The summed E-state index contributed by atoms with van der Waals surface area (Å²) in [5.41, 5.74) is 1.38. The van der Waals surface area contributed by atoms with Crippen LogP contribution >= 0.6 is 11.3 Å². The quantitative estimate of drug-likeness (QED) is 0.797. The lowest BCUT2D eigenvalue weighted by molar-refractivity contribution is 0.151. The van der Waals surface area contributed by atoms with Gasteiger partial charge in [0.1, 0.15) is 5.69 Å². The molecule has 0 aliphatic rings. The zero-order valence-electron chi connectivity index (χ0n) is 7.95. The van der Waals surface area contributed by atoms with E-state index in [9.17, 15) is 5.11 Å². The number of thiophene rings is 1. The summed E-state index contributed by atoms with van der Waals surface area (Å²) in [5.74, 6) is 0. The van der Waals surface area contributed by atoms with Crippen LogP contribution < -0.4 is 0 Å². The van der Waals surface area contributed by atoms with E-state index in [4.69, 9.17) is 5.11 Å². The highest BCUT2D eigenvalue weighted by atomic mass is 32.1. The van der Waals surface area contributed by atoms with E-state index in [1.165, 1.54) is 4.68 Å². The van der Waals surface area contributed by atoms with Crippen LogP contribution in [0.25, 0.3) is 0 Å². The molecule has 0 saturated carbocycles. The van der Waals surface area contributed by atoms with Gasteiger partial charge in [-0.05, 0) is 22.4 Å². The first-order valence-electron chi connectivity index (χ1n) is 4.49. The molecule has 2 aromatic heterocycles. The Morgan fingerprint density at radius 1 is 1.53 bits per heavy atom. The normalized spacial score (nSPS) is 12.9. The molecule has 0 amide bonds. The largest absolute Gasteiger partial charge is 0.390 e. The Bertz CT molecular complexity index is 413. The molecule has 0 bridgehead atoms. The van der Waals surface area contributed by atoms with Crippen LogP contribution in [-0.2, 0) is 13.2 Å². The van der Waals surface area contributed by atoms with Gasteiger partial charge in [0.15, 0.2) is 0 Å². The van der Waals surface area contributed by atoms with Crippen LogP contribution in [0.1, 0.15) is 17.4 Å². The lowest BCUT2D eigenvalue weighted by Crippen LogP contribution is -2.08. The van der Waals surface area contributed by atoms with Crippen molar-refractivity contribution < 1.29 is 10.2 Å². The van der Waals surface area contributed by atoms with Crippen molar-refractivity contribution >= 4 is 11.3 Å². The monoisotopic (exact) mass is 225 g/mol. The van der Waals surface area contributed by atoms with Crippen molar-refractivity contribution in [2.24, 2.45) is 0 Å². The predicted molar refractivity (Wildman–Crippen MR) is 55.2 cm³/mol. The van der Waals surface area contributed by atoms with Crippen molar-refractivity contribution in [3.05, 3.63) is 34.3 Å². The van der Waals surface area contributed by atoms with E-state index in [1.807, 2.05) is 16.8 Å². The summed E-state index contributed by atoms with van der Waals surface area (Å²) in [5, 5.41) is 29.9. The molecule has 0 unspecified atom stereocenters. The second-order valence-corrected chi connectivity index (χ2v) is 3.94. The van der Waals surface area contributed by atoms with E-state index in [1.54, 1.807) is 17.5 Å². The molecule has 0 aromatic carbocycles. The first kappa shape index (κ1) is 10.3. The number of aromatic nitrogens is 3. The van der Waals surface area contributed by atoms with Crippen LogP contribution in [0.2, 0.25) is 0 Å². The van der Waals surface area contributed by atoms with Gasteiger partial charge in [0.2, 0.25) is 0 Å². The van der Waals surface area contributed by atoms with Crippen molar-refractivity contribution in [3.8, 4) is 0 Å². The summed E-state index contributed by atoms with van der Waals surface area (Å²) < 4.78 is 1.52. The Hall–Kier alpha value is -1.24. The highest BCUT2D eigenvalue weighted by Crippen LogP contribution is 2.17. The topological polar surface area (TPSA) is 71.2 Å². The fourth-order valence-corrected chi connectivity index (χ4v) is 1.95. The smallest absolute Gasteiger partial charge is 0.108 e. The average Bonchev–Trinajstić information content (AvgIpc) is 2.87. The molecule has 0 aliphatic heterocycles. The standard InChI is InChI=1S/C9H11N3O2S/c13-5-8-3-12(11-10-8)4-9(14)7-1-2-15-6-7/h1-3,6,9,13-14H,4-5H2/t9-/m0/s1. The molecule has 2 N–H and O–H groups in total. The molecule has 1 atom stereocenters. The Morgan fingerprint density at radius 3 is 3.00 bits per heavy atom. The van der Waals surface area contributed by atoms with Crippen LogP contribution in [0, 0.1) is 0 Å². The van der Waals surface area contributed by atoms with Gasteiger partial charge in [-0.3, -0.25) is 0 Å². The molecule has 6 heteroatoms. The van der Waals surface area contributed by atoms with Gasteiger partial charge in [-0.25, -0.2) is 4.68 Å². The maximum absolute atomic E-state index is 9.80. The van der Waals surface area contributed by atoms with Gasteiger partial charge in [-0.15, -0.1) is 5.10 Å². The molecule has 80 valence electrons. The van der Waals surface area contributed by atoms with Crippen molar-refractivity contribution in [1.29, 1.82) is 0 Å². The highest BCUT2D eigenvalue weighted by Gasteiger charge is 2.09. The average molecular weight is 225 g/mol. The van der Waals surface area contributed by atoms with E-state index in [0.717, 1.165) is 5.56 Å². The minimum Gasteiger partial charge on any atom is -0.390 e. The highest BCUT2D eigenvalue weighted by molar-refractivity contribution is 7.07. The van der Waals surface area contributed by atoms with Gasteiger partial charge in [0.05, 0.1) is 25.5 Å². The Morgan fingerprint density at radius 2 is 2.40 bits per heavy atom. The minimum absolute atomic E-state index is 0.130. The molecule has 2 heterocycles. The van der Waals surface area contributed by atoms with E-state index < -0.39 is 6.10 Å². The Kier molecular flexibility index (Phi) is 3.10. The fraction of sp³-hybridized carbons (Fsp3) is 0.333. The number of aliphatic hydroxyl groups is 2. The van der Waals surface area contributed by atoms with Crippen molar-refractivity contribution in [1.82, 2.24) is 15.0 Å². The molecule has 0 spiro atoms. The third kappa shape index (κ3) is 2.41. The molecule has 0 saturated heterocycles. The van der Waals surface area contributed by atoms with Gasteiger partial charge >= 0.3 is 0 Å². The maximum atomic E-state index is 9.80. The Labute approximate surface area is 90.6 Å². The summed E-state index contributed by atoms with van der Waals surface area (Å²) in [6, 6.07) is 1.87. The van der Waals surface area contributed by atoms with Crippen molar-refractivity contribution in [2.75, 3.05) is 0 Å². The van der Waals surface area contributed by atoms with E-state index in [-0.39, 0.29) is 6.61 Å². The first-order valence-corrected chi connectivity index (χ1v) is 5.44. The molecule has 2 aromatic rings. The number of nitrogens with zero attached hydrogens (tertiary/aromatic N) is 3. The van der Waals surface area contributed by atoms with Crippen LogP contribution in [0.15, 0.2) is 23.0 Å². The Balaban J connectivity index is 2.02. The SMILES string of the molecule is OCc1cn(C[C@H](O)c2ccsc2)nn1. The lowest BCUT2D eigenvalue weighted by atomic mass is 10.2. The zero-order chi connectivity index (χ0) is 10.7. The van der Waals surface area contributed by atoms with Crippen molar-refractivity contribution in [2.45, 2.75) is 19.3 Å². The number of rotatable bonds is 4. The lowest BCUT2D eigenvalue weighted by Gasteiger charge is -2.07. The summed E-state index contributed by atoms with van der Waals surface area (Å²) >= 11 is 1.54. The van der Waals surface area contributed by atoms with Gasteiger partial charge < -0.3 is 10.2 Å². The molecule has 15 heavy (non-hydrogen) atoms. The third-order valence-corrected chi connectivity index (χ3v) is 2.74. The molecule has 0 fully saturated rings. The molecular formula is C9H11N3O2S. The van der Waals surface area contributed by atoms with Gasteiger partial charge in [0.25, 0.3) is 0 Å². The molecule has 2 rings (SSSR count). The minimum atomic E-state index is -0.579. The summed E-state index contributed by atoms with van der Waals surface area (Å²) in [7, 11) is 0. The zero-order valence-corrected chi connectivity index (χ0v) is 8.76. The van der Waals surface area contributed by atoms with Crippen molar-refractivity contribution in [3.63, 3.8) is 0 Å². The molecule has 5 nitrogen and oxygen atoms in total. The van der Waals surface area contributed by atoms with E-state index in [0.29, 0.717) is 12.2 Å².